The van der Waals surface area contributed by atoms with Crippen LogP contribution in [0.15, 0.2) is 65.1 Å². The molecule has 2 heterocycles. The van der Waals surface area contributed by atoms with E-state index in [4.69, 9.17) is 26.1 Å². The largest absolute Gasteiger partial charge is 0.496 e. The summed E-state index contributed by atoms with van der Waals surface area (Å²) in [6, 6.07) is 19.6. The summed E-state index contributed by atoms with van der Waals surface area (Å²) in [5.41, 5.74) is 5.40. The molecule has 0 amide bonds. The number of rotatable bonds is 6. The lowest BCUT2D eigenvalue weighted by Crippen LogP contribution is -2.05. The topological polar surface area (TPSA) is 68.7 Å². The molecule has 1 aromatic heterocycles. The van der Waals surface area contributed by atoms with Gasteiger partial charge in [-0.3, -0.25) is 4.79 Å². The number of pyridine rings is 1. The lowest BCUT2D eigenvalue weighted by atomic mass is 9.96. The van der Waals surface area contributed by atoms with Gasteiger partial charge in [-0.2, -0.15) is 0 Å². The van der Waals surface area contributed by atoms with E-state index >= 15 is 0 Å². The Morgan fingerprint density at radius 2 is 2.03 bits per heavy atom. The minimum Gasteiger partial charge on any atom is -0.496 e. The smallest absolute Gasteiger partial charge is 0.304 e. The SMILES string of the molecule is COc1c(-c2ccc3ccc(Cl)cc3n2)ccc2c1C(SCCC(=O)O)c1ccc(Br)cc1CO2. The zero-order valence-electron chi connectivity index (χ0n) is 18.8. The van der Waals surface area contributed by atoms with Crippen molar-refractivity contribution in [2.45, 2.75) is 18.3 Å². The molecule has 1 aliphatic rings. The van der Waals surface area contributed by atoms with E-state index in [1.807, 2.05) is 54.6 Å². The Kier molecular flexibility index (Phi) is 6.91. The molecule has 0 bridgehead atoms. The Balaban J connectivity index is 1.68. The van der Waals surface area contributed by atoms with Gasteiger partial charge in [0.1, 0.15) is 18.1 Å². The molecular formula is C27H21BrClNO4S. The van der Waals surface area contributed by atoms with Crippen molar-refractivity contribution in [3.05, 3.63) is 86.8 Å². The quantitative estimate of drug-likeness (QED) is 0.259. The summed E-state index contributed by atoms with van der Waals surface area (Å²) in [6.45, 7) is 0.410. The third kappa shape index (κ3) is 4.85. The van der Waals surface area contributed by atoms with Crippen LogP contribution in [0.3, 0.4) is 0 Å². The van der Waals surface area contributed by atoms with E-state index in [1.165, 1.54) is 0 Å². The molecular weight excluding hydrogens is 550 g/mol. The Labute approximate surface area is 220 Å². The number of halogens is 2. The highest BCUT2D eigenvalue weighted by Crippen LogP contribution is 2.51. The standard InChI is InChI=1S/C27H21BrClNO4S/c1-33-26-20(21-8-3-15-2-5-18(29)13-22(15)30-21)7-9-23-25(26)27(35-11-10-24(31)32)19-6-4-17(28)12-16(19)14-34-23/h2-9,12-13,27H,10-11,14H2,1H3,(H,31,32). The average molecular weight is 571 g/mol. The highest BCUT2D eigenvalue weighted by Gasteiger charge is 2.31. The molecule has 5 nitrogen and oxygen atoms in total. The maximum Gasteiger partial charge on any atom is 0.304 e. The molecule has 1 atom stereocenters. The molecule has 3 aromatic carbocycles. The van der Waals surface area contributed by atoms with Crippen LogP contribution < -0.4 is 9.47 Å². The lowest BCUT2D eigenvalue weighted by molar-refractivity contribution is -0.136. The van der Waals surface area contributed by atoms with E-state index < -0.39 is 5.97 Å². The van der Waals surface area contributed by atoms with Crippen LogP contribution in [0.1, 0.15) is 28.4 Å². The molecule has 4 aromatic rings. The third-order valence-corrected chi connectivity index (χ3v) is 7.91. The fraction of sp³-hybridized carbons (Fsp3) is 0.185. The maximum atomic E-state index is 11.3. The number of carboxylic acid groups (broad SMARTS) is 1. The van der Waals surface area contributed by atoms with Crippen molar-refractivity contribution in [3.63, 3.8) is 0 Å². The average Bonchev–Trinajstić information content (AvgIpc) is 2.99. The van der Waals surface area contributed by atoms with Crippen LogP contribution in [0.4, 0.5) is 0 Å². The molecule has 0 saturated carbocycles. The van der Waals surface area contributed by atoms with Gasteiger partial charge in [-0.1, -0.05) is 45.7 Å². The molecule has 1 aliphatic heterocycles. The molecule has 0 fully saturated rings. The first-order valence-corrected chi connectivity index (χ1v) is 13.2. The Hall–Kier alpha value is -2.74. The Bertz CT molecular complexity index is 1440. The van der Waals surface area contributed by atoms with Crippen molar-refractivity contribution >= 4 is 56.2 Å². The molecule has 35 heavy (non-hydrogen) atoms. The van der Waals surface area contributed by atoms with Crippen molar-refractivity contribution in [2.24, 2.45) is 0 Å². The zero-order chi connectivity index (χ0) is 24.5. The number of methoxy groups -OCH3 is 1. The van der Waals surface area contributed by atoms with E-state index in [2.05, 4.69) is 22.0 Å². The zero-order valence-corrected chi connectivity index (χ0v) is 21.9. The molecule has 1 N–H and O–H groups in total. The molecule has 5 rings (SSSR count). The summed E-state index contributed by atoms with van der Waals surface area (Å²) in [5, 5.41) is 10.7. The van der Waals surface area contributed by atoms with Gasteiger partial charge in [-0.15, -0.1) is 11.8 Å². The van der Waals surface area contributed by atoms with Gasteiger partial charge in [0.05, 0.1) is 35.6 Å². The van der Waals surface area contributed by atoms with Crippen LogP contribution in [-0.2, 0) is 11.4 Å². The number of hydrogen-bond donors (Lipinski definition) is 1. The molecule has 0 aliphatic carbocycles. The van der Waals surface area contributed by atoms with Crippen LogP contribution >= 0.6 is 39.3 Å². The predicted octanol–water partition coefficient (Wildman–Crippen LogP) is 7.52. The van der Waals surface area contributed by atoms with Gasteiger partial charge in [0.25, 0.3) is 0 Å². The third-order valence-electron chi connectivity index (χ3n) is 5.92. The molecule has 0 radical (unpaired) electrons. The monoisotopic (exact) mass is 569 g/mol. The van der Waals surface area contributed by atoms with Crippen molar-refractivity contribution < 1.29 is 19.4 Å². The Morgan fingerprint density at radius 3 is 2.83 bits per heavy atom. The van der Waals surface area contributed by atoms with Crippen LogP contribution in [0.5, 0.6) is 11.5 Å². The van der Waals surface area contributed by atoms with Crippen molar-refractivity contribution in [3.8, 4) is 22.8 Å². The summed E-state index contributed by atoms with van der Waals surface area (Å²) in [4.78, 5) is 16.1. The number of thioether (sulfide) groups is 1. The van der Waals surface area contributed by atoms with E-state index in [1.54, 1.807) is 18.9 Å². The number of nitrogens with zero attached hydrogens (tertiary/aromatic N) is 1. The molecule has 178 valence electrons. The minimum atomic E-state index is -0.821. The first-order valence-electron chi connectivity index (χ1n) is 11.0. The van der Waals surface area contributed by atoms with Crippen LogP contribution in [0, 0.1) is 0 Å². The van der Waals surface area contributed by atoms with Crippen LogP contribution in [-0.4, -0.2) is 28.9 Å². The summed E-state index contributed by atoms with van der Waals surface area (Å²) >= 11 is 11.3. The fourth-order valence-corrected chi connectivity index (χ4v) is 6.22. The number of aromatic nitrogens is 1. The summed E-state index contributed by atoms with van der Waals surface area (Å²) in [7, 11) is 1.64. The fourth-order valence-electron chi connectivity index (χ4n) is 4.32. The minimum absolute atomic E-state index is 0.0677. The van der Waals surface area contributed by atoms with Gasteiger partial charge in [0, 0.05) is 26.2 Å². The number of benzene rings is 3. The number of ether oxygens (including phenoxy) is 2. The first kappa shape index (κ1) is 24.0. The number of carbonyl (C=O) groups is 1. The molecule has 0 saturated heterocycles. The van der Waals surface area contributed by atoms with Gasteiger partial charge in [-0.25, -0.2) is 4.98 Å². The van der Waals surface area contributed by atoms with Crippen LogP contribution in [0.2, 0.25) is 5.02 Å². The summed E-state index contributed by atoms with van der Waals surface area (Å²) in [5.74, 6) is 1.02. The van der Waals surface area contributed by atoms with E-state index in [9.17, 15) is 9.90 Å². The lowest BCUT2D eigenvalue weighted by Gasteiger charge is -2.23. The second kappa shape index (κ2) is 10.1. The normalized spacial score (nSPS) is 14.5. The van der Waals surface area contributed by atoms with Gasteiger partial charge in [0.15, 0.2) is 0 Å². The molecule has 1 unspecified atom stereocenters. The second-order valence-corrected chi connectivity index (χ2v) is 10.7. The highest BCUT2D eigenvalue weighted by molar-refractivity contribution is 9.10. The summed E-state index contributed by atoms with van der Waals surface area (Å²) < 4.78 is 13.2. The van der Waals surface area contributed by atoms with E-state index in [0.717, 1.165) is 49.1 Å². The number of carboxylic acids is 1. The van der Waals surface area contributed by atoms with Gasteiger partial charge >= 0.3 is 5.97 Å². The summed E-state index contributed by atoms with van der Waals surface area (Å²) in [6.07, 6.45) is 0.0677. The Morgan fingerprint density at radius 1 is 1.20 bits per heavy atom. The number of hydrogen-bond acceptors (Lipinski definition) is 5. The van der Waals surface area contributed by atoms with E-state index in [0.29, 0.717) is 23.1 Å². The van der Waals surface area contributed by atoms with Crippen LogP contribution in [0.25, 0.3) is 22.2 Å². The van der Waals surface area contributed by atoms with Gasteiger partial charge < -0.3 is 14.6 Å². The van der Waals surface area contributed by atoms with E-state index in [-0.39, 0.29) is 11.7 Å². The van der Waals surface area contributed by atoms with Crippen molar-refractivity contribution in [2.75, 3.05) is 12.9 Å². The van der Waals surface area contributed by atoms with Crippen molar-refractivity contribution in [1.29, 1.82) is 0 Å². The number of aliphatic carboxylic acids is 1. The second-order valence-electron chi connectivity index (χ2n) is 8.12. The first-order chi connectivity index (χ1) is 16.9. The number of fused-ring (bicyclic) bond motifs is 3. The molecule has 0 spiro atoms. The molecule has 8 heteroatoms. The van der Waals surface area contributed by atoms with Gasteiger partial charge in [-0.05, 0) is 53.6 Å². The highest BCUT2D eigenvalue weighted by atomic mass is 79.9. The predicted molar refractivity (Wildman–Crippen MR) is 144 cm³/mol. The van der Waals surface area contributed by atoms with Gasteiger partial charge in [0.2, 0.25) is 0 Å². The maximum absolute atomic E-state index is 11.3. The van der Waals surface area contributed by atoms with Crippen molar-refractivity contribution in [1.82, 2.24) is 4.98 Å².